The highest BCUT2D eigenvalue weighted by Gasteiger charge is 2.32. The molecule has 1 fully saturated rings. The maximum atomic E-state index is 12.7. The summed E-state index contributed by atoms with van der Waals surface area (Å²) in [5, 5.41) is 3.74. The van der Waals surface area contributed by atoms with E-state index in [1.807, 2.05) is 4.90 Å². The first-order valence-electron chi connectivity index (χ1n) is 8.65. The van der Waals surface area contributed by atoms with Gasteiger partial charge in [-0.15, -0.1) is 0 Å². The zero-order chi connectivity index (χ0) is 19.4. The van der Waals surface area contributed by atoms with E-state index in [9.17, 15) is 9.59 Å². The molecule has 1 unspecified atom stereocenters. The van der Waals surface area contributed by atoms with Crippen molar-refractivity contribution in [2.75, 3.05) is 23.4 Å². The first-order valence-corrected chi connectivity index (χ1v) is 9.41. The van der Waals surface area contributed by atoms with Crippen LogP contribution >= 0.6 is 23.2 Å². The van der Waals surface area contributed by atoms with Gasteiger partial charge < -0.3 is 15.0 Å². The third kappa shape index (κ3) is 4.51. The fourth-order valence-electron chi connectivity index (χ4n) is 3.01. The van der Waals surface area contributed by atoms with E-state index in [1.165, 1.54) is 6.20 Å². The van der Waals surface area contributed by atoms with Crippen LogP contribution in [0.1, 0.15) is 30.1 Å². The van der Waals surface area contributed by atoms with Gasteiger partial charge in [0.15, 0.2) is 0 Å². The van der Waals surface area contributed by atoms with Crippen LogP contribution in [0.3, 0.4) is 0 Å². The Morgan fingerprint density at radius 1 is 1.30 bits per heavy atom. The fourth-order valence-corrected chi connectivity index (χ4v) is 3.47. The van der Waals surface area contributed by atoms with Crippen molar-refractivity contribution in [3.05, 3.63) is 52.1 Å². The Hall–Kier alpha value is -2.31. The molecule has 1 N–H and O–H groups in total. The normalized spacial score (nSPS) is 16.3. The summed E-state index contributed by atoms with van der Waals surface area (Å²) in [4.78, 5) is 30.8. The lowest BCUT2D eigenvalue weighted by Crippen LogP contribution is -2.40. The van der Waals surface area contributed by atoms with Gasteiger partial charge in [0.2, 0.25) is 5.91 Å². The van der Waals surface area contributed by atoms with Gasteiger partial charge in [-0.05, 0) is 50.1 Å². The monoisotopic (exact) mass is 407 g/mol. The van der Waals surface area contributed by atoms with Gasteiger partial charge in [0, 0.05) is 17.8 Å². The third-order valence-electron chi connectivity index (χ3n) is 4.30. The second kappa shape index (κ2) is 8.59. The highest BCUT2D eigenvalue weighted by atomic mass is 35.5. The Morgan fingerprint density at radius 2 is 2.11 bits per heavy atom. The van der Waals surface area contributed by atoms with E-state index in [0.29, 0.717) is 46.7 Å². The van der Waals surface area contributed by atoms with E-state index in [1.54, 1.807) is 37.3 Å². The number of rotatable bonds is 5. The zero-order valence-electron chi connectivity index (χ0n) is 14.7. The minimum absolute atomic E-state index is 0.159. The van der Waals surface area contributed by atoms with Crippen LogP contribution in [0.25, 0.3) is 0 Å². The molecule has 3 rings (SSSR count). The maximum absolute atomic E-state index is 12.7. The number of pyridine rings is 1. The van der Waals surface area contributed by atoms with Crippen molar-refractivity contribution < 1.29 is 14.3 Å². The standard InChI is InChI=1S/C19H19Cl2N3O3/c1-2-27-19(26)12-5-8-17(22-11-12)24-9-3-4-16(24)18(25)23-15-7-6-13(20)10-14(15)21/h5-8,10-11,16H,2-4,9H2,1H3,(H,23,25). The molecule has 0 spiro atoms. The number of esters is 1. The molecule has 0 radical (unpaired) electrons. The number of nitrogens with zero attached hydrogens (tertiary/aromatic N) is 2. The molecule has 1 aliphatic heterocycles. The number of hydrogen-bond donors (Lipinski definition) is 1. The number of ether oxygens (including phenoxy) is 1. The molecule has 8 heteroatoms. The largest absolute Gasteiger partial charge is 0.462 e. The Morgan fingerprint density at radius 3 is 2.78 bits per heavy atom. The molecule has 1 aromatic carbocycles. The number of carbonyl (C=O) groups excluding carboxylic acids is 2. The Kier molecular flexibility index (Phi) is 6.19. The number of halogens is 2. The van der Waals surface area contributed by atoms with Gasteiger partial charge in [-0.25, -0.2) is 9.78 Å². The molecule has 142 valence electrons. The van der Waals surface area contributed by atoms with Crippen molar-refractivity contribution in [1.29, 1.82) is 0 Å². The van der Waals surface area contributed by atoms with Crippen LogP contribution in [-0.2, 0) is 9.53 Å². The number of anilines is 2. The number of amides is 1. The molecule has 0 bridgehead atoms. The zero-order valence-corrected chi connectivity index (χ0v) is 16.3. The van der Waals surface area contributed by atoms with Crippen LogP contribution in [0.2, 0.25) is 10.0 Å². The van der Waals surface area contributed by atoms with Gasteiger partial charge in [-0.1, -0.05) is 23.2 Å². The molecule has 1 saturated heterocycles. The molecule has 1 atom stereocenters. The van der Waals surface area contributed by atoms with Crippen molar-refractivity contribution in [3.63, 3.8) is 0 Å². The molecule has 6 nitrogen and oxygen atoms in total. The average molecular weight is 408 g/mol. The van der Waals surface area contributed by atoms with Crippen LogP contribution < -0.4 is 10.2 Å². The van der Waals surface area contributed by atoms with Gasteiger partial charge in [0.1, 0.15) is 11.9 Å². The summed E-state index contributed by atoms with van der Waals surface area (Å²) >= 11 is 12.0. The summed E-state index contributed by atoms with van der Waals surface area (Å²) in [6, 6.07) is 7.95. The number of nitrogens with one attached hydrogen (secondary N) is 1. The summed E-state index contributed by atoms with van der Waals surface area (Å²) in [5.74, 6) is 0.0699. The molecule has 1 aliphatic rings. The molecular formula is C19H19Cl2N3O3. The predicted octanol–water partition coefficient (Wildman–Crippen LogP) is 4.17. The minimum Gasteiger partial charge on any atom is -0.462 e. The van der Waals surface area contributed by atoms with E-state index in [0.717, 1.165) is 6.42 Å². The van der Waals surface area contributed by atoms with Crippen LogP contribution in [0.4, 0.5) is 11.5 Å². The van der Waals surface area contributed by atoms with E-state index in [4.69, 9.17) is 27.9 Å². The van der Waals surface area contributed by atoms with Crippen LogP contribution in [0, 0.1) is 0 Å². The van der Waals surface area contributed by atoms with Crippen LogP contribution in [0.15, 0.2) is 36.5 Å². The number of benzene rings is 1. The van der Waals surface area contributed by atoms with Crippen molar-refractivity contribution in [2.24, 2.45) is 0 Å². The Balaban J connectivity index is 1.72. The lowest BCUT2D eigenvalue weighted by molar-refractivity contribution is -0.117. The fraction of sp³-hybridized carbons (Fsp3) is 0.316. The van der Waals surface area contributed by atoms with Crippen molar-refractivity contribution in [3.8, 4) is 0 Å². The number of aromatic nitrogens is 1. The highest BCUT2D eigenvalue weighted by Crippen LogP contribution is 2.28. The van der Waals surface area contributed by atoms with Crippen molar-refractivity contribution >= 4 is 46.6 Å². The van der Waals surface area contributed by atoms with E-state index >= 15 is 0 Å². The first-order chi connectivity index (χ1) is 13.0. The lowest BCUT2D eigenvalue weighted by Gasteiger charge is -2.25. The third-order valence-corrected chi connectivity index (χ3v) is 4.85. The van der Waals surface area contributed by atoms with E-state index in [-0.39, 0.29) is 11.9 Å². The molecule has 1 amide bonds. The number of carbonyl (C=O) groups is 2. The smallest absolute Gasteiger partial charge is 0.339 e. The second-order valence-electron chi connectivity index (χ2n) is 6.09. The molecule has 27 heavy (non-hydrogen) atoms. The van der Waals surface area contributed by atoms with Gasteiger partial charge in [0.25, 0.3) is 0 Å². The summed E-state index contributed by atoms with van der Waals surface area (Å²) < 4.78 is 4.96. The Bertz CT molecular complexity index is 843. The van der Waals surface area contributed by atoms with Crippen molar-refractivity contribution in [1.82, 2.24) is 4.98 Å². The summed E-state index contributed by atoms with van der Waals surface area (Å²) in [6.07, 6.45) is 3.04. The molecular weight excluding hydrogens is 389 g/mol. The SMILES string of the molecule is CCOC(=O)c1ccc(N2CCCC2C(=O)Nc2ccc(Cl)cc2Cl)nc1. The lowest BCUT2D eigenvalue weighted by atomic mass is 10.2. The molecule has 1 aromatic heterocycles. The Labute approximate surface area is 167 Å². The summed E-state index contributed by atoms with van der Waals surface area (Å²) in [5.41, 5.74) is 0.900. The van der Waals surface area contributed by atoms with Crippen molar-refractivity contribution in [2.45, 2.75) is 25.8 Å². The van der Waals surface area contributed by atoms with E-state index in [2.05, 4.69) is 10.3 Å². The molecule has 0 saturated carbocycles. The molecule has 0 aliphatic carbocycles. The molecule has 2 heterocycles. The van der Waals surface area contributed by atoms with Crippen LogP contribution in [0.5, 0.6) is 0 Å². The maximum Gasteiger partial charge on any atom is 0.339 e. The topological polar surface area (TPSA) is 71.5 Å². The highest BCUT2D eigenvalue weighted by molar-refractivity contribution is 6.36. The van der Waals surface area contributed by atoms with Crippen LogP contribution in [-0.4, -0.2) is 36.1 Å². The van der Waals surface area contributed by atoms with Gasteiger partial charge >= 0.3 is 5.97 Å². The molecule has 2 aromatic rings. The van der Waals surface area contributed by atoms with Gasteiger partial charge in [-0.2, -0.15) is 0 Å². The second-order valence-corrected chi connectivity index (χ2v) is 6.93. The first kappa shape index (κ1) is 19.5. The predicted molar refractivity (Wildman–Crippen MR) is 106 cm³/mol. The number of hydrogen-bond acceptors (Lipinski definition) is 5. The van der Waals surface area contributed by atoms with Gasteiger partial charge in [-0.3, -0.25) is 4.79 Å². The minimum atomic E-state index is -0.412. The van der Waals surface area contributed by atoms with Gasteiger partial charge in [0.05, 0.1) is 22.9 Å². The quantitative estimate of drug-likeness (QED) is 0.752. The average Bonchev–Trinajstić information content (AvgIpc) is 3.14. The summed E-state index contributed by atoms with van der Waals surface area (Å²) in [7, 11) is 0. The van der Waals surface area contributed by atoms with E-state index < -0.39 is 5.97 Å². The summed E-state index contributed by atoms with van der Waals surface area (Å²) in [6.45, 7) is 2.76.